The van der Waals surface area contributed by atoms with E-state index in [1.54, 1.807) is 0 Å². The third kappa shape index (κ3) is 5.96. The van der Waals surface area contributed by atoms with Crippen LogP contribution < -0.4 is 4.74 Å². The number of ether oxygens (including phenoxy) is 2. The summed E-state index contributed by atoms with van der Waals surface area (Å²) >= 11 is 0. The number of benzene rings is 2. The maximum atomic E-state index is 14.3. The zero-order valence-corrected chi connectivity index (χ0v) is 21.7. The molecular formula is C24H13F17O5. The van der Waals surface area contributed by atoms with E-state index in [2.05, 4.69) is 4.74 Å². The van der Waals surface area contributed by atoms with E-state index in [0.717, 1.165) is 24.3 Å². The van der Waals surface area contributed by atoms with Gasteiger partial charge in [0.05, 0.1) is 11.1 Å². The zero-order chi connectivity index (χ0) is 36.1. The second kappa shape index (κ2) is 11.7. The highest BCUT2D eigenvalue weighted by atomic mass is 19.4. The van der Waals surface area contributed by atoms with Crippen molar-refractivity contribution in [2.75, 3.05) is 0 Å². The van der Waals surface area contributed by atoms with Crippen molar-refractivity contribution in [2.24, 2.45) is 0 Å². The Morgan fingerprint density at radius 1 is 0.543 bits per heavy atom. The average molecular weight is 704 g/mol. The average Bonchev–Trinajstić information content (AvgIpc) is 2.92. The number of esters is 2. The number of alkyl halides is 17. The van der Waals surface area contributed by atoms with Crippen LogP contribution in [-0.4, -0.2) is 70.8 Å². The van der Waals surface area contributed by atoms with Crippen LogP contribution in [-0.2, 0) is 4.74 Å². The number of rotatable bonds is 11. The maximum Gasteiger partial charge on any atom is 0.460 e. The van der Waals surface area contributed by atoms with E-state index < -0.39 is 83.7 Å². The van der Waals surface area contributed by atoms with Crippen LogP contribution in [0.1, 0.15) is 27.6 Å². The molecule has 2 aromatic rings. The van der Waals surface area contributed by atoms with Crippen LogP contribution >= 0.6 is 0 Å². The highest BCUT2D eigenvalue weighted by Gasteiger charge is 2.95. The molecule has 5 nitrogen and oxygen atoms in total. The number of phenolic OH excluding ortho intramolecular Hbond substituents is 1. The molecule has 0 aromatic heterocycles. The van der Waals surface area contributed by atoms with Crippen LogP contribution in [0, 0.1) is 0 Å². The molecule has 258 valence electrons. The quantitative estimate of drug-likeness (QED) is 0.145. The second-order valence-electron chi connectivity index (χ2n) is 9.08. The van der Waals surface area contributed by atoms with Crippen LogP contribution in [0.2, 0.25) is 0 Å². The summed E-state index contributed by atoms with van der Waals surface area (Å²) in [6.07, 6.45) is -11.9. The van der Waals surface area contributed by atoms with Gasteiger partial charge in [0.1, 0.15) is 11.5 Å². The molecule has 0 aliphatic rings. The molecule has 22 heteroatoms. The first-order valence-corrected chi connectivity index (χ1v) is 11.5. The first-order chi connectivity index (χ1) is 20.4. The largest absolute Gasteiger partial charge is 0.508 e. The lowest BCUT2D eigenvalue weighted by Crippen LogP contribution is -2.75. The Morgan fingerprint density at radius 2 is 0.891 bits per heavy atom. The first-order valence-electron chi connectivity index (χ1n) is 11.5. The van der Waals surface area contributed by atoms with Crippen molar-refractivity contribution in [3.63, 3.8) is 0 Å². The smallest absolute Gasteiger partial charge is 0.460 e. The summed E-state index contributed by atoms with van der Waals surface area (Å²) in [5.41, 5.74) is -1.35. The van der Waals surface area contributed by atoms with Gasteiger partial charge in [-0.15, -0.1) is 0 Å². The molecule has 0 bridgehead atoms. The van der Waals surface area contributed by atoms with Gasteiger partial charge in [-0.1, -0.05) is 0 Å². The normalized spacial score (nSPS) is 14.9. The number of phenols is 1. The third-order valence-corrected chi connectivity index (χ3v) is 5.94. The Kier molecular flexibility index (Phi) is 9.67. The highest BCUT2D eigenvalue weighted by Crippen LogP contribution is 2.64. The Hall–Kier alpha value is -4.01. The van der Waals surface area contributed by atoms with Crippen molar-refractivity contribution in [2.45, 2.75) is 60.7 Å². The van der Waals surface area contributed by atoms with Gasteiger partial charge in [0, 0.05) is 0 Å². The van der Waals surface area contributed by atoms with Crippen molar-refractivity contribution in [3.8, 4) is 11.5 Å². The van der Waals surface area contributed by atoms with Gasteiger partial charge >= 0.3 is 59.6 Å². The molecule has 0 saturated heterocycles. The van der Waals surface area contributed by atoms with Gasteiger partial charge in [-0.2, -0.15) is 74.6 Å². The molecule has 0 radical (unpaired) electrons. The number of carbonyl (C=O) groups is 2. The number of hydrogen-bond donors (Lipinski definition) is 1. The van der Waals surface area contributed by atoms with Crippen molar-refractivity contribution >= 4 is 11.9 Å². The molecule has 1 atom stereocenters. The van der Waals surface area contributed by atoms with Crippen molar-refractivity contribution in [1.82, 2.24) is 0 Å². The fourth-order valence-corrected chi connectivity index (χ4v) is 3.16. The van der Waals surface area contributed by atoms with Gasteiger partial charge in [0.15, 0.2) is 6.10 Å². The van der Waals surface area contributed by atoms with Gasteiger partial charge in [-0.05, 0) is 55.5 Å². The summed E-state index contributed by atoms with van der Waals surface area (Å²) in [4.78, 5) is 24.2. The topological polar surface area (TPSA) is 72.8 Å². The number of hydrogen-bond acceptors (Lipinski definition) is 5. The van der Waals surface area contributed by atoms with Crippen LogP contribution in [0.25, 0.3) is 0 Å². The summed E-state index contributed by atoms with van der Waals surface area (Å²) < 4.78 is 237. The van der Waals surface area contributed by atoms with Crippen molar-refractivity contribution < 1.29 is 98.8 Å². The van der Waals surface area contributed by atoms with E-state index in [1.807, 2.05) is 0 Å². The second-order valence-corrected chi connectivity index (χ2v) is 9.08. The maximum absolute atomic E-state index is 14.3. The lowest BCUT2D eigenvalue weighted by atomic mass is 9.88. The van der Waals surface area contributed by atoms with Gasteiger partial charge in [0.2, 0.25) is 0 Å². The molecule has 0 amide bonds. The summed E-state index contributed by atoms with van der Waals surface area (Å²) in [6.45, 7) is -0.423. The first kappa shape index (κ1) is 38.2. The summed E-state index contributed by atoms with van der Waals surface area (Å²) in [6, 6.07) is 6.98. The van der Waals surface area contributed by atoms with Gasteiger partial charge < -0.3 is 14.6 Å². The Morgan fingerprint density at radius 3 is 1.28 bits per heavy atom. The minimum absolute atomic E-state index is 0.124. The number of halogens is 17. The molecule has 2 rings (SSSR count). The summed E-state index contributed by atoms with van der Waals surface area (Å²) in [5, 5.41) is 9.18. The van der Waals surface area contributed by atoms with Crippen molar-refractivity contribution in [1.29, 1.82) is 0 Å². The molecule has 0 saturated carbocycles. The van der Waals surface area contributed by atoms with Crippen LogP contribution in [0.15, 0.2) is 48.5 Å². The third-order valence-electron chi connectivity index (χ3n) is 5.94. The molecular weight excluding hydrogens is 691 g/mol. The van der Waals surface area contributed by atoms with E-state index in [1.165, 1.54) is 0 Å². The highest BCUT2D eigenvalue weighted by molar-refractivity contribution is 5.94. The standard InChI is InChI=1S/C24H13F17O5/c1-10(45-15(43)11-2-4-12(5-3-11)16(44)46-14-8-6-13(42)7-9-14)17(25,26)18(27,28)19(29,30)20(31,32)21(33,34)22(35,36)23(37,38)24(39,40)41/h2-10,42H,1H3. The Bertz CT molecular complexity index is 1420. The fraction of sp³-hybridized carbons (Fsp3) is 0.417. The summed E-state index contributed by atoms with van der Waals surface area (Å²) in [7, 11) is 0. The summed E-state index contributed by atoms with van der Waals surface area (Å²) in [5.74, 6) is -61.7. The predicted octanol–water partition coefficient (Wildman–Crippen LogP) is 8.17. The minimum atomic E-state index is -8.78. The fourth-order valence-electron chi connectivity index (χ4n) is 3.16. The molecule has 0 spiro atoms. The Labute approximate surface area is 243 Å². The SMILES string of the molecule is CC(OC(=O)c1ccc(C(=O)Oc2ccc(O)cc2)cc1)C(F)(F)C(F)(F)C(F)(F)C(F)(F)C(F)(F)C(F)(F)C(F)(F)C(F)(F)F. The zero-order valence-electron chi connectivity index (χ0n) is 21.7. The van der Waals surface area contributed by atoms with Crippen LogP contribution in [0.5, 0.6) is 11.5 Å². The predicted molar refractivity (Wildman–Crippen MR) is 115 cm³/mol. The van der Waals surface area contributed by atoms with Gasteiger partial charge in [-0.3, -0.25) is 0 Å². The van der Waals surface area contributed by atoms with E-state index in [0.29, 0.717) is 24.3 Å². The van der Waals surface area contributed by atoms with Crippen LogP contribution in [0.3, 0.4) is 0 Å². The Balaban J connectivity index is 2.33. The molecule has 46 heavy (non-hydrogen) atoms. The molecule has 0 fully saturated rings. The number of aromatic hydroxyl groups is 1. The minimum Gasteiger partial charge on any atom is -0.508 e. The lowest BCUT2D eigenvalue weighted by Gasteiger charge is -2.43. The van der Waals surface area contributed by atoms with Crippen LogP contribution in [0.4, 0.5) is 74.6 Å². The van der Waals surface area contributed by atoms with E-state index in [4.69, 9.17) is 4.74 Å². The molecule has 0 aliphatic heterocycles. The lowest BCUT2D eigenvalue weighted by molar-refractivity contribution is -0.463. The monoisotopic (exact) mass is 704 g/mol. The van der Waals surface area contributed by atoms with E-state index >= 15 is 0 Å². The van der Waals surface area contributed by atoms with Gasteiger partial charge in [-0.25, -0.2) is 9.59 Å². The molecule has 2 aromatic carbocycles. The number of carbonyl (C=O) groups excluding carboxylic acids is 2. The van der Waals surface area contributed by atoms with E-state index in [9.17, 15) is 89.3 Å². The van der Waals surface area contributed by atoms with Gasteiger partial charge in [0.25, 0.3) is 0 Å². The molecule has 0 aliphatic carbocycles. The molecule has 0 heterocycles. The molecule has 1 N–H and O–H groups in total. The van der Waals surface area contributed by atoms with E-state index in [-0.39, 0.29) is 11.5 Å². The van der Waals surface area contributed by atoms with Crippen molar-refractivity contribution in [3.05, 3.63) is 59.7 Å². The molecule has 1 unspecified atom stereocenters.